The molecule has 0 radical (unpaired) electrons. The van der Waals surface area contributed by atoms with E-state index in [2.05, 4.69) is 4.98 Å². The van der Waals surface area contributed by atoms with Crippen molar-refractivity contribution in [2.75, 3.05) is 11.4 Å². The number of aromatic nitrogens is 1. The first kappa shape index (κ1) is 14.7. The van der Waals surface area contributed by atoms with Crippen LogP contribution in [-0.4, -0.2) is 28.5 Å². The topological polar surface area (TPSA) is 96.5 Å². The van der Waals surface area contributed by atoms with Crippen LogP contribution in [0.2, 0.25) is 0 Å². The molecule has 6 heteroatoms. The lowest BCUT2D eigenvalue weighted by Crippen LogP contribution is -2.35. The van der Waals surface area contributed by atoms with Crippen LogP contribution in [0.1, 0.15) is 16.1 Å². The van der Waals surface area contributed by atoms with Crippen LogP contribution in [0, 0.1) is 0 Å². The zero-order chi connectivity index (χ0) is 15.2. The number of nitrogens with two attached hydrogens (primary N) is 1. The van der Waals surface area contributed by atoms with E-state index in [1.54, 1.807) is 42.5 Å². The van der Waals surface area contributed by atoms with E-state index in [1.165, 1.54) is 11.1 Å². The number of carbonyl (C=O) groups excluding carboxylic acids is 1. The fourth-order valence-corrected chi connectivity index (χ4v) is 1.90. The van der Waals surface area contributed by atoms with Gasteiger partial charge in [-0.25, -0.2) is 0 Å². The molecule has 0 aliphatic heterocycles. The van der Waals surface area contributed by atoms with Gasteiger partial charge in [0.15, 0.2) is 0 Å². The number of amides is 1. The van der Waals surface area contributed by atoms with E-state index in [4.69, 9.17) is 10.8 Å². The predicted molar refractivity (Wildman–Crippen MR) is 77.9 cm³/mol. The molecule has 0 atom stereocenters. The third kappa shape index (κ3) is 3.64. The molecule has 6 nitrogen and oxygen atoms in total. The van der Waals surface area contributed by atoms with Crippen molar-refractivity contribution in [1.29, 1.82) is 0 Å². The largest absolute Gasteiger partial charge is 0.480 e. The molecule has 0 aliphatic rings. The van der Waals surface area contributed by atoms with Gasteiger partial charge in [0.2, 0.25) is 0 Å². The molecule has 21 heavy (non-hydrogen) atoms. The van der Waals surface area contributed by atoms with Gasteiger partial charge in [-0.3, -0.25) is 19.5 Å². The second-order valence-electron chi connectivity index (χ2n) is 4.36. The summed E-state index contributed by atoms with van der Waals surface area (Å²) in [6, 6.07) is 11.8. The molecule has 3 N–H and O–H groups in total. The number of benzene rings is 1. The summed E-state index contributed by atoms with van der Waals surface area (Å²) in [5, 5.41) is 9.02. The van der Waals surface area contributed by atoms with Crippen LogP contribution in [0.25, 0.3) is 0 Å². The van der Waals surface area contributed by atoms with E-state index in [9.17, 15) is 9.59 Å². The number of carbonyl (C=O) groups is 2. The molecule has 1 aromatic carbocycles. The highest BCUT2D eigenvalue weighted by Crippen LogP contribution is 2.17. The summed E-state index contributed by atoms with van der Waals surface area (Å²) in [7, 11) is 0. The number of pyridine rings is 1. The molecule has 0 fully saturated rings. The lowest BCUT2D eigenvalue weighted by atomic mass is 10.1. The highest BCUT2D eigenvalue weighted by Gasteiger charge is 2.20. The molecule has 0 spiro atoms. The van der Waals surface area contributed by atoms with Gasteiger partial charge in [0.05, 0.1) is 5.69 Å². The number of rotatable bonds is 5. The zero-order valence-electron chi connectivity index (χ0n) is 11.3. The summed E-state index contributed by atoms with van der Waals surface area (Å²) in [4.78, 5) is 28.8. The van der Waals surface area contributed by atoms with Crippen molar-refractivity contribution in [1.82, 2.24) is 4.98 Å². The summed E-state index contributed by atoms with van der Waals surface area (Å²) >= 11 is 0. The maximum absolute atomic E-state index is 12.5. The number of hydrogen-bond acceptors (Lipinski definition) is 4. The number of carboxylic acids is 1. The van der Waals surface area contributed by atoms with Crippen molar-refractivity contribution in [2.24, 2.45) is 5.73 Å². The molecule has 2 rings (SSSR count). The van der Waals surface area contributed by atoms with Crippen molar-refractivity contribution in [2.45, 2.75) is 6.54 Å². The molecular formula is C15H15N3O3. The van der Waals surface area contributed by atoms with Crippen molar-refractivity contribution in [3.05, 3.63) is 59.9 Å². The molecule has 108 valence electrons. The third-order valence-corrected chi connectivity index (χ3v) is 2.88. The maximum Gasteiger partial charge on any atom is 0.323 e. The Balaban J connectivity index is 2.36. The number of hydrogen-bond donors (Lipinski definition) is 2. The summed E-state index contributed by atoms with van der Waals surface area (Å²) in [5.41, 5.74) is 6.96. The molecule has 2 aromatic rings. The Kier molecular flexibility index (Phi) is 4.63. The van der Waals surface area contributed by atoms with Crippen LogP contribution in [0.5, 0.6) is 0 Å². The first-order chi connectivity index (χ1) is 10.1. The van der Waals surface area contributed by atoms with Gasteiger partial charge in [-0.15, -0.1) is 0 Å². The minimum Gasteiger partial charge on any atom is -0.480 e. The fraction of sp³-hybridized carbons (Fsp3) is 0.133. The van der Waals surface area contributed by atoms with Gasteiger partial charge in [0.1, 0.15) is 6.54 Å². The minimum absolute atomic E-state index is 0.214. The van der Waals surface area contributed by atoms with Crippen LogP contribution < -0.4 is 10.6 Å². The van der Waals surface area contributed by atoms with Crippen LogP contribution in [0.4, 0.5) is 5.69 Å². The van der Waals surface area contributed by atoms with E-state index in [0.29, 0.717) is 16.9 Å². The molecule has 0 saturated carbocycles. The molecule has 0 aliphatic carbocycles. The Morgan fingerprint density at radius 2 is 1.90 bits per heavy atom. The predicted octanol–water partition coefficient (Wildman–Crippen LogP) is 1.27. The monoisotopic (exact) mass is 285 g/mol. The van der Waals surface area contributed by atoms with Crippen LogP contribution in [-0.2, 0) is 11.3 Å². The first-order valence-corrected chi connectivity index (χ1v) is 6.35. The zero-order valence-corrected chi connectivity index (χ0v) is 11.3. The average Bonchev–Trinajstić information content (AvgIpc) is 2.52. The molecule has 0 unspecified atom stereocenters. The van der Waals surface area contributed by atoms with Gasteiger partial charge in [0, 0.05) is 24.0 Å². The number of anilines is 1. The minimum atomic E-state index is -1.08. The van der Waals surface area contributed by atoms with Crippen LogP contribution in [0.3, 0.4) is 0 Å². The fourth-order valence-electron chi connectivity index (χ4n) is 1.90. The number of para-hydroxylation sites is 1. The highest BCUT2D eigenvalue weighted by atomic mass is 16.4. The average molecular weight is 285 g/mol. The third-order valence-electron chi connectivity index (χ3n) is 2.88. The van der Waals surface area contributed by atoms with E-state index in [-0.39, 0.29) is 6.54 Å². The summed E-state index contributed by atoms with van der Waals surface area (Å²) in [6.45, 7) is -0.200. The molecule has 0 bridgehead atoms. The highest BCUT2D eigenvalue weighted by molar-refractivity contribution is 6.08. The first-order valence-electron chi connectivity index (χ1n) is 6.35. The van der Waals surface area contributed by atoms with Gasteiger partial charge >= 0.3 is 5.97 Å². The molecule has 1 heterocycles. The Labute approximate surface area is 121 Å². The van der Waals surface area contributed by atoms with E-state index in [0.717, 1.165) is 0 Å². The second-order valence-corrected chi connectivity index (χ2v) is 4.36. The SMILES string of the molecule is NCc1cc(C(=O)N(CC(=O)O)c2ccccc2)ccn1. The molecule has 1 aromatic heterocycles. The van der Waals surface area contributed by atoms with Gasteiger partial charge < -0.3 is 10.8 Å². The van der Waals surface area contributed by atoms with Gasteiger partial charge in [-0.1, -0.05) is 18.2 Å². The molecule has 1 amide bonds. The smallest absolute Gasteiger partial charge is 0.323 e. The number of nitrogens with zero attached hydrogens (tertiary/aromatic N) is 2. The quantitative estimate of drug-likeness (QED) is 0.862. The lowest BCUT2D eigenvalue weighted by Gasteiger charge is -2.21. The van der Waals surface area contributed by atoms with Crippen molar-refractivity contribution in [3.63, 3.8) is 0 Å². The molecule has 0 saturated heterocycles. The van der Waals surface area contributed by atoms with Crippen LogP contribution in [0.15, 0.2) is 48.7 Å². The summed E-state index contributed by atoms with van der Waals surface area (Å²) in [6.07, 6.45) is 1.49. The lowest BCUT2D eigenvalue weighted by molar-refractivity contribution is -0.135. The Hall–Kier alpha value is -2.73. The van der Waals surface area contributed by atoms with E-state index < -0.39 is 18.4 Å². The Bertz CT molecular complexity index is 644. The van der Waals surface area contributed by atoms with E-state index in [1.807, 2.05) is 0 Å². The van der Waals surface area contributed by atoms with Crippen LogP contribution >= 0.6 is 0 Å². The summed E-state index contributed by atoms with van der Waals surface area (Å²) in [5.74, 6) is -1.49. The number of carboxylic acid groups (broad SMARTS) is 1. The van der Waals surface area contributed by atoms with Crippen molar-refractivity contribution < 1.29 is 14.7 Å². The van der Waals surface area contributed by atoms with Gasteiger partial charge in [-0.05, 0) is 24.3 Å². The Morgan fingerprint density at radius 1 is 1.19 bits per heavy atom. The van der Waals surface area contributed by atoms with Crippen molar-refractivity contribution in [3.8, 4) is 0 Å². The van der Waals surface area contributed by atoms with Gasteiger partial charge in [-0.2, -0.15) is 0 Å². The standard InChI is InChI=1S/C15H15N3O3/c16-9-12-8-11(6-7-17-12)15(21)18(10-14(19)20)13-4-2-1-3-5-13/h1-8H,9-10,16H2,(H,19,20). The normalized spacial score (nSPS) is 10.1. The van der Waals surface area contributed by atoms with E-state index >= 15 is 0 Å². The van der Waals surface area contributed by atoms with Crippen molar-refractivity contribution >= 4 is 17.6 Å². The number of aliphatic carboxylic acids is 1. The Morgan fingerprint density at radius 3 is 2.52 bits per heavy atom. The molecular weight excluding hydrogens is 270 g/mol. The summed E-state index contributed by atoms with van der Waals surface area (Å²) < 4.78 is 0. The van der Waals surface area contributed by atoms with Gasteiger partial charge in [0.25, 0.3) is 5.91 Å². The maximum atomic E-state index is 12.5. The second kappa shape index (κ2) is 6.62.